The van der Waals surface area contributed by atoms with Crippen LogP contribution in [0.3, 0.4) is 0 Å². The van der Waals surface area contributed by atoms with Gasteiger partial charge in [-0.1, -0.05) is 18.2 Å². The van der Waals surface area contributed by atoms with Crippen LogP contribution in [0.4, 0.5) is 5.69 Å². The molecule has 0 unspecified atom stereocenters. The van der Waals surface area contributed by atoms with Crippen LogP contribution < -0.4 is 4.90 Å². The number of fused-ring (bicyclic) bond motifs is 1. The highest BCUT2D eigenvalue weighted by molar-refractivity contribution is 7.99. The van der Waals surface area contributed by atoms with Crippen LogP contribution in [-0.2, 0) is 14.8 Å². The number of amides is 2. The molecule has 0 atom stereocenters. The average Bonchev–Trinajstić information content (AvgIpc) is 2.78. The molecule has 2 aliphatic heterocycles. The number of carbonyl (C=O) groups excluding carboxylic acids is 2. The maximum atomic E-state index is 13.2. The number of benzene rings is 2. The molecule has 2 aromatic carbocycles. The molecule has 2 aromatic rings. The van der Waals surface area contributed by atoms with E-state index in [1.165, 1.54) is 23.4 Å². The van der Waals surface area contributed by atoms with Gasteiger partial charge in [0.15, 0.2) is 0 Å². The van der Waals surface area contributed by atoms with Crippen LogP contribution in [0.1, 0.15) is 17.3 Å². The van der Waals surface area contributed by atoms with Crippen LogP contribution in [0.5, 0.6) is 0 Å². The van der Waals surface area contributed by atoms with E-state index in [2.05, 4.69) is 0 Å². The van der Waals surface area contributed by atoms with Gasteiger partial charge in [-0.25, -0.2) is 8.42 Å². The van der Waals surface area contributed by atoms with E-state index < -0.39 is 10.0 Å². The maximum absolute atomic E-state index is 13.2. The molecule has 2 heterocycles. The Kier molecular flexibility index (Phi) is 5.86. The summed E-state index contributed by atoms with van der Waals surface area (Å²) in [6.07, 6.45) is 0. The van der Waals surface area contributed by atoms with Crippen molar-refractivity contribution in [2.75, 3.05) is 43.4 Å². The number of rotatable bonds is 3. The number of carbonyl (C=O) groups is 2. The lowest BCUT2D eigenvalue weighted by atomic mass is 10.1. The summed E-state index contributed by atoms with van der Waals surface area (Å²) in [5, 5.41) is 0. The highest BCUT2D eigenvalue weighted by Crippen LogP contribution is 2.35. The van der Waals surface area contributed by atoms with Crippen LogP contribution in [0.25, 0.3) is 0 Å². The minimum Gasteiger partial charge on any atom is -0.340 e. The number of hydrogen-bond donors (Lipinski definition) is 0. The largest absolute Gasteiger partial charge is 0.340 e. The first-order valence-corrected chi connectivity index (χ1v) is 12.2. The monoisotopic (exact) mass is 445 g/mol. The van der Waals surface area contributed by atoms with Gasteiger partial charge in [-0.2, -0.15) is 4.31 Å². The van der Waals surface area contributed by atoms with Crippen molar-refractivity contribution in [2.45, 2.75) is 16.7 Å². The van der Waals surface area contributed by atoms with E-state index in [9.17, 15) is 18.0 Å². The molecule has 0 aliphatic carbocycles. The van der Waals surface area contributed by atoms with Crippen molar-refractivity contribution in [2.24, 2.45) is 0 Å². The standard InChI is InChI=1S/C21H23N3O4S2/c1-16(25)22-9-11-23(12-10-22)30(27,28)18-6-4-5-17(15-18)21(26)24-13-14-29-20-8-3-2-7-19(20)24/h2-8,15H,9-14H2,1H3. The predicted octanol–water partition coefficient (Wildman–Crippen LogP) is 2.29. The normalized spacial score (nSPS) is 17.5. The first kappa shape index (κ1) is 20.9. The minimum atomic E-state index is -3.74. The van der Waals surface area contributed by atoms with Crippen molar-refractivity contribution in [3.63, 3.8) is 0 Å². The summed E-state index contributed by atoms with van der Waals surface area (Å²) < 4.78 is 27.6. The van der Waals surface area contributed by atoms with Crippen molar-refractivity contribution in [3.8, 4) is 0 Å². The lowest BCUT2D eigenvalue weighted by Gasteiger charge is -2.33. The van der Waals surface area contributed by atoms with Gasteiger partial charge < -0.3 is 9.80 Å². The molecule has 0 saturated carbocycles. The molecule has 4 rings (SSSR count). The number of hydrogen-bond acceptors (Lipinski definition) is 5. The predicted molar refractivity (Wildman–Crippen MR) is 116 cm³/mol. The number of piperazine rings is 1. The minimum absolute atomic E-state index is 0.0559. The Morgan fingerprint density at radius 3 is 2.40 bits per heavy atom. The van der Waals surface area contributed by atoms with E-state index in [1.54, 1.807) is 33.7 Å². The van der Waals surface area contributed by atoms with Gasteiger partial charge in [0.2, 0.25) is 15.9 Å². The molecule has 0 aromatic heterocycles. The second-order valence-corrected chi connectivity index (χ2v) is 10.3. The lowest BCUT2D eigenvalue weighted by molar-refractivity contribution is -0.129. The second-order valence-electron chi connectivity index (χ2n) is 7.21. The molecule has 158 valence electrons. The summed E-state index contributed by atoms with van der Waals surface area (Å²) in [7, 11) is -3.74. The summed E-state index contributed by atoms with van der Waals surface area (Å²) >= 11 is 1.71. The Labute approximate surface area is 180 Å². The van der Waals surface area contributed by atoms with Crippen LogP contribution in [0.15, 0.2) is 58.3 Å². The van der Waals surface area contributed by atoms with E-state index in [1.807, 2.05) is 24.3 Å². The highest BCUT2D eigenvalue weighted by atomic mass is 32.2. The summed E-state index contributed by atoms with van der Waals surface area (Å²) in [6.45, 7) is 3.29. The SMILES string of the molecule is CC(=O)N1CCN(S(=O)(=O)c2cccc(C(=O)N3CCSc4ccccc43)c2)CC1. The Balaban J connectivity index is 1.57. The van der Waals surface area contributed by atoms with Crippen molar-refractivity contribution in [1.29, 1.82) is 0 Å². The fourth-order valence-corrected chi connectivity index (χ4v) is 6.18. The number of nitrogens with zero attached hydrogens (tertiary/aromatic N) is 3. The Bertz CT molecular complexity index is 1080. The van der Waals surface area contributed by atoms with E-state index in [0.717, 1.165) is 16.3 Å². The van der Waals surface area contributed by atoms with Gasteiger partial charge in [0.05, 0.1) is 10.6 Å². The zero-order valence-electron chi connectivity index (χ0n) is 16.7. The van der Waals surface area contributed by atoms with Gasteiger partial charge in [0, 0.05) is 55.9 Å². The molecule has 0 radical (unpaired) electrons. The van der Waals surface area contributed by atoms with E-state index in [0.29, 0.717) is 25.2 Å². The summed E-state index contributed by atoms with van der Waals surface area (Å²) in [4.78, 5) is 29.2. The molecule has 1 fully saturated rings. The first-order chi connectivity index (χ1) is 14.4. The number of sulfonamides is 1. The van der Waals surface area contributed by atoms with E-state index >= 15 is 0 Å². The highest BCUT2D eigenvalue weighted by Gasteiger charge is 2.30. The van der Waals surface area contributed by atoms with Gasteiger partial charge in [0.1, 0.15) is 0 Å². The van der Waals surface area contributed by atoms with E-state index in [4.69, 9.17) is 0 Å². The topological polar surface area (TPSA) is 78.0 Å². The molecule has 7 nitrogen and oxygen atoms in total. The summed E-state index contributed by atoms with van der Waals surface area (Å²) in [5.41, 5.74) is 1.20. The summed E-state index contributed by atoms with van der Waals surface area (Å²) in [5.74, 6) is 0.530. The van der Waals surface area contributed by atoms with Gasteiger partial charge in [-0.3, -0.25) is 9.59 Å². The molecule has 30 heavy (non-hydrogen) atoms. The van der Waals surface area contributed by atoms with Crippen molar-refractivity contribution in [3.05, 3.63) is 54.1 Å². The molecule has 9 heteroatoms. The first-order valence-electron chi connectivity index (χ1n) is 9.77. The van der Waals surface area contributed by atoms with Crippen molar-refractivity contribution in [1.82, 2.24) is 9.21 Å². The average molecular weight is 446 g/mol. The van der Waals surface area contributed by atoms with Crippen LogP contribution >= 0.6 is 11.8 Å². The maximum Gasteiger partial charge on any atom is 0.258 e. The zero-order valence-corrected chi connectivity index (χ0v) is 18.3. The van der Waals surface area contributed by atoms with Crippen molar-refractivity contribution >= 4 is 39.3 Å². The van der Waals surface area contributed by atoms with Gasteiger partial charge in [-0.05, 0) is 30.3 Å². The number of thioether (sulfide) groups is 1. The van der Waals surface area contributed by atoms with Gasteiger partial charge >= 0.3 is 0 Å². The fraction of sp³-hybridized carbons (Fsp3) is 0.333. The quantitative estimate of drug-likeness (QED) is 0.725. The number of para-hydroxylation sites is 1. The smallest absolute Gasteiger partial charge is 0.258 e. The van der Waals surface area contributed by atoms with Crippen LogP contribution in [0, 0.1) is 0 Å². The number of anilines is 1. The Morgan fingerprint density at radius 2 is 1.67 bits per heavy atom. The molecule has 0 N–H and O–H groups in total. The molecule has 2 aliphatic rings. The molecular formula is C21H23N3O4S2. The lowest BCUT2D eigenvalue weighted by Crippen LogP contribution is -2.49. The van der Waals surface area contributed by atoms with Crippen LogP contribution in [-0.4, -0.2) is 67.9 Å². The Morgan fingerprint density at radius 1 is 0.933 bits per heavy atom. The van der Waals surface area contributed by atoms with Crippen molar-refractivity contribution < 1.29 is 18.0 Å². The molecule has 1 saturated heterocycles. The Hall–Kier alpha value is -2.36. The summed E-state index contributed by atoms with van der Waals surface area (Å²) in [6, 6.07) is 14.0. The fourth-order valence-electron chi connectivity index (χ4n) is 3.72. The third kappa shape index (κ3) is 3.97. The second kappa shape index (κ2) is 8.41. The third-order valence-corrected chi connectivity index (χ3v) is 8.31. The molecule has 0 spiro atoms. The molecular weight excluding hydrogens is 422 g/mol. The molecule has 2 amide bonds. The van der Waals surface area contributed by atoms with Gasteiger partial charge in [-0.15, -0.1) is 11.8 Å². The van der Waals surface area contributed by atoms with Gasteiger partial charge in [0.25, 0.3) is 5.91 Å². The van der Waals surface area contributed by atoms with E-state index in [-0.39, 0.29) is 29.8 Å². The third-order valence-electron chi connectivity index (χ3n) is 5.38. The van der Waals surface area contributed by atoms with Crippen LogP contribution in [0.2, 0.25) is 0 Å². The zero-order chi connectivity index (χ0) is 21.3. The molecule has 0 bridgehead atoms.